The van der Waals surface area contributed by atoms with Gasteiger partial charge in [0.2, 0.25) is 0 Å². The van der Waals surface area contributed by atoms with Gasteiger partial charge in [-0.3, -0.25) is 0 Å². The number of hydrogen-bond donors (Lipinski definition) is 2. The number of ether oxygens (including phenoxy) is 1. The lowest BCUT2D eigenvalue weighted by molar-refractivity contribution is 0.137. The fourth-order valence-electron chi connectivity index (χ4n) is 3.60. The summed E-state index contributed by atoms with van der Waals surface area (Å²) < 4.78 is 43.3. The number of sulfone groups is 1. The van der Waals surface area contributed by atoms with Gasteiger partial charge >= 0.3 is 6.03 Å². The summed E-state index contributed by atoms with van der Waals surface area (Å²) in [6.07, 6.45) is 0.677. The lowest BCUT2D eigenvalue weighted by atomic mass is 9.88. The predicted octanol–water partition coefficient (Wildman–Crippen LogP) is 4.59. The third kappa shape index (κ3) is 4.70. The van der Waals surface area contributed by atoms with Gasteiger partial charge in [-0.05, 0) is 42.3 Å². The molecule has 1 aliphatic heterocycles. The van der Waals surface area contributed by atoms with Crippen molar-refractivity contribution in [3.63, 3.8) is 0 Å². The second-order valence-electron chi connectivity index (χ2n) is 7.84. The third-order valence-electron chi connectivity index (χ3n) is 5.18. The zero-order valence-corrected chi connectivity index (χ0v) is 18.6. The Morgan fingerprint density at radius 2 is 1.90 bits per heavy atom. The minimum atomic E-state index is -3.54. The first-order valence-corrected chi connectivity index (χ1v) is 11.8. The van der Waals surface area contributed by atoms with Gasteiger partial charge in [0.25, 0.3) is 0 Å². The van der Waals surface area contributed by atoms with Crippen LogP contribution in [0.5, 0.6) is 5.75 Å². The van der Waals surface area contributed by atoms with Crippen molar-refractivity contribution in [2.24, 2.45) is 5.92 Å². The Morgan fingerprint density at radius 3 is 2.53 bits per heavy atom. The van der Waals surface area contributed by atoms with Gasteiger partial charge in [0, 0.05) is 23.4 Å². The Labute approximate surface area is 180 Å². The van der Waals surface area contributed by atoms with E-state index in [1.807, 2.05) is 20.8 Å². The molecular formula is C21H24ClFN2O4S. The number of anilines is 1. The number of hydrogen-bond acceptors (Lipinski definition) is 4. The van der Waals surface area contributed by atoms with Crippen molar-refractivity contribution in [2.75, 3.05) is 11.6 Å². The summed E-state index contributed by atoms with van der Waals surface area (Å²) in [4.78, 5) is 12.6. The molecule has 0 spiro atoms. The summed E-state index contributed by atoms with van der Waals surface area (Å²) in [6.45, 7) is 5.84. The lowest BCUT2D eigenvalue weighted by Crippen LogP contribution is -2.50. The molecule has 0 radical (unpaired) electrons. The molecule has 0 saturated heterocycles. The predicted molar refractivity (Wildman–Crippen MR) is 115 cm³/mol. The monoisotopic (exact) mass is 454 g/mol. The van der Waals surface area contributed by atoms with Gasteiger partial charge in [-0.15, -0.1) is 0 Å². The molecule has 1 heterocycles. The van der Waals surface area contributed by atoms with E-state index in [0.717, 1.165) is 11.8 Å². The van der Waals surface area contributed by atoms with E-state index in [9.17, 15) is 17.6 Å². The minimum absolute atomic E-state index is 0.0270. The van der Waals surface area contributed by atoms with Gasteiger partial charge in [-0.1, -0.05) is 32.4 Å². The number of nitrogens with one attached hydrogen (secondary N) is 2. The SMILES string of the molecule is CC1c2cc(F)ccc2OC1[C@@H](NC(=O)Nc1ccc(Cl)c(S(C)(=O)=O)c1)C(C)C. The van der Waals surface area contributed by atoms with Crippen LogP contribution in [-0.4, -0.2) is 32.9 Å². The fraction of sp³-hybridized carbons (Fsp3) is 0.381. The maximum Gasteiger partial charge on any atom is 0.319 e. The minimum Gasteiger partial charge on any atom is -0.487 e. The van der Waals surface area contributed by atoms with Crippen LogP contribution in [0, 0.1) is 11.7 Å². The molecule has 0 saturated carbocycles. The number of benzene rings is 2. The Balaban J connectivity index is 1.76. The fourth-order valence-corrected chi connectivity index (χ4v) is 4.91. The average Bonchev–Trinajstić information content (AvgIpc) is 2.96. The molecule has 2 aromatic rings. The van der Waals surface area contributed by atoms with Crippen LogP contribution in [0.25, 0.3) is 0 Å². The molecule has 0 aromatic heterocycles. The number of urea groups is 1. The van der Waals surface area contributed by atoms with Crippen molar-refractivity contribution in [2.45, 2.75) is 43.7 Å². The second kappa shape index (κ2) is 8.43. The first kappa shape index (κ1) is 22.4. The molecule has 1 aliphatic rings. The van der Waals surface area contributed by atoms with Crippen molar-refractivity contribution in [1.29, 1.82) is 0 Å². The summed E-state index contributed by atoms with van der Waals surface area (Å²) in [5.41, 5.74) is 1.06. The highest BCUT2D eigenvalue weighted by Crippen LogP contribution is 2.40. The lowest BCUT2D eigenvalue weighted by Gasteiger charge is -2.30. The van der Waals surface area contributed by atoms with E-state index in [4.69, 9.17) is 16.3 Å². The zero-order chi connectivity index (χ0) is 22.2. The Hall–Kier alpha value is -2.32. The van der Waals surface area contributed by atoms with Crippen molar-refractivity contribution in [3.05, 3.63) is 52.8 Å². The summed E-state index contributed by atoms with van der Waals surface area (Å²) >= 11 is 5.95. The third-order valence-corrected chi connectivity index (χ3v) is 6.76. The molecule has 3 rings (SSSR count). The standard InChI is InChI=1S/C21H24ClFN2O4S/c1-11(2)19(20-12(3)15-9-13(23)5-8-17(15)29-20)25-21(26)24-14-6-7-16(22)18(10-14)30(4,27)28/h5-12,19-20H,1-4H3,(H2,24,25,26)/t12?,19-,20?/m0/s1. The molecule has 0 aliphatic carbocycles. The first-order chi connectivity index (χ1) is 14.0. The van der Waals surface area contributed by atoms with E-state index in [2.05, 4.69) is 10.6 Å². The Kier molecular flexibility index (Phi) is 6.29. The molecule has 3 atom stereocenters. The van der Waals surface area contributed by atoms with Crippen LogP contribution in [-0.2, 0) is 9.84 Å². The van der Waals surface area contributed by atoms with E-state index in [1.165, 1.54) is 30.3 Å². The van der Waals surface area contributed by atoms with Crippen LogP contribution in [0.3, 0.4) is 0 Å². The number of fused-ring (bicyclic) bond motifs is 1. The average molecular weight is 455 g/mol. The van der Waals surface area contributed by atoms with Gasteiger partial charge in [0.15, 0.2) is 9.84 Å². The quantitative estimate of drug-likeness (QED) is 0.691. The van der Waals surface area contributed by atoms with E-state index >= 15 is 0 Å². The summed E-state index contributed by atoms with van der Waals surface area (Å²) in [6, 6.07) is 7.78. The van der Waals surface area contributed by atoms with E-state index in [0.29, 0.717) is 11.4 Å². The molecule has 2 amide bonds. The van der Waals surface area contributed by atoms with Crippen LogP contribution in [0.15, 0.2) is 41.3 Å². The Bertz CT molecular complexity index is 1070. The van der Waals surface area contributed by atoms with Gasteiger partial charge in [0.1, 0.15) is 17.7 Å². The van der Waals surface area contributed by atoms with Crippen LogP contribution in [0.1, 0.15) is 32.3 Å². The van der Waals surface area contributed by atoms with Gasteiger partial charge in [0.05, 0.1) is 16.0 Å². The smallest absolute Gasteiger partial charge is 0.319 e. The first-order valence-electron chi connectivity index (χ1n) is 9.50. The molecule has 6 nitrogen and oxygen atoms in total. The molecule has 9 heteroatoms. The second-order valence-corrected chi connectivity index (χ2v) is 10.2. The maximum atomic E-state index is 13.6. The van der Waals surface area contributed by atoms with Crippen molar-refractivity contribution in [3.8, 4) is 5.75 Å². The number of halogens is 2. The van der Waals surface area contributed by atoms with E-state index in [-0.39, 0.29) is 39.7 Å². The molecule has 2 N–H and O–H groups in total. The molecule has 2 aromatic carbocycles. The van der Waals surface area contributed by atoms with Crippen LogP contribution >= 0.6 is 11.6 Å². The normalized spacial score (nSPS) is 19.2. The van der Waals surface area contributed by atoms with E-state index < -0.39 is 15.9 Å². The van der Waals surface area contributed by atoms with Crippen molar-refractivity contribution < 1.29 is 22.3 Å². The van der Waals surface area contributed by atoms with Crippen molar-refractivity contribution in [1.82, 2.24) is 5.32 Å². The molecule has 162 valence electrons. The summed E-state index contributed by atoms with van der Waals surface area (Å²) in [5.74, 6) is 0.188. The number of amides is 2. The highest BCUT2D eigenvalue weighted by Gasteiger charge is 2.39. The Morgan fingerprint density at radius 1 is 1.20 bits per heavy atom. The molecular weight excluding hydrogens is 431 g/mol. The highest BCUT2D eigenvalue weighted by molar-refractivity contribution is 7.90. The molecule has 30 heavy (non-hydrogen) atoms. The largest absolute Gasteiger partial charge is 0.487 e. The van der Waals surface area contributed by atoms with Gasteiger partial charge in [-0.25, -0.2) is 17.6 Å². The topological polar surface area (TPSA) is 84.5 Å². The van der Waals surface area contributed by atoms with Crippen molar-refractivity contribution >= 4 is 33.2 Å². The molecule has 0 bridgehead atoms. The summed E-state index contributed by atoms with van der Waals surface area (Å²) in [7, 11) is -3.54. The van der Waals surface area contributed by atoms with Crippen LogP contribution in [0.2, 0.25) is 5.02 Å². The highest BCUT2D eigenvalue weighted by atomic mass is 35.5. The molecule has 0 fully saturated rings. The van der Waals surface area contributed by atoms with Crippen LogP contribution in [0.4, 0.5) is 14.9 Å². The summed E-state index contributed by atoms with van der Waals surface area (Å²) in [5, 5.41) is 5.64. The van der Waals surface area contributed by atoms with Crippen LogP contribution < -0.4 is 15.4 Å². The number of carbonyl (C=O) groups is 1. The number of carbonyl (C=O) groups excluding carboxylic acids is 1. The molecule has 2 unspecified atom stereocenters. The maximum absolute atomic E-state index is 13.6. The van der Waals surface area contributed by atoms with Gasteiger partial charge < -0.3 is 15.4 Å². The van der Waals surface area contributed by atoms with Gasteiger partial charge in [-0.2, -0.15) is 0 Å². The van der Waals surface area contributed by atoms with E-state index in [1.54, 1.807) is 6.07 Å². The zero-order valence-electron chi connectivity index (χ0n) is 17.1. The number of rotatable bonds is 5.